The lowest BCUT2D eigenvalue weighted by molar-refractivity contribution is -0.150. The molecule has 0 N–H and O–H groups in total. The number of anilines is 1. The SMILES string of the molecule is CCOC(=O)[C@H](C)N1C(=O)S/C(=C/c2cccn2-c2ccc(N(C)C)cc2)C1=O. The highest BCUT2D eigenvalue weighted by Gasteiger charge is 2.41. The first-order valence-corrected chi connectivity index (χ1v) is 10.0. The first kappa shape index (κ1) is 20.7. The van der Waals surface area contributed by atoms with Crippen molar-refractivity contribution in [2.24, 2.45) is 0 Å². The maximum absolute atomic E-state index is 12.8. The van der Waals surface area contributed by atoms with Gasteiger partial charge >= 0.3 is 5.97 Å². The molecule has 152 valence electrons. The molecule has 2 heterocycles. The fourth-order valence-corrected chi connectivity index (χ4v) is 3.87. The van der Waals surface area contributed by atoms with Crippen molar-refractivity contribution in [2.45, 2.75) is 19.9 Å². The van der Waals surface area contributed by atoms with E-state index in [0.717, 1.165) is 33.7 Å². The highest BCUT2D eigenvalue weighted by Crippen LogP contribution is 2.34. The summed E-state index contributed by atoms with van der Waals surface area (Å²) in [6.45, 7) is 3.36. The molecular weight excluding hydrogens is 390 g/mol. The van der Waals surface area contributed by atoms with Gasteiger partial charge in [-0.05, 0) is 68.1 Å². The molecule has 0 unspecified atom stereocenters. The van der Waals surface area contributed by atoms with E-state index in [1.165, 1.54) is 6.92 Å². The van der Waals surface area contributed by atoms with Gasteiger partial charge in [-0.15, -0.1) is 0 Å². The zero-order chi connectivity index (χ0) is 21.1. The van der Waals surface area contributed by atoms with E-state index in [1.807, 2.05) is 66.2 Å². The first-order valence-electron chi connectivity index (χ1n) is 9.22. The third-order valence-electron chi connectivity index (χ3n) is 4.54. The fraction of sp³-hybridized carbons (Fsp3) is 0.286. The Hall–Kier alpha value is -3.00. The van der Waals surface area contributed by atoms with Crippen molar-refractivity contribution in [2.75, 3.05) is 25.6 Å². The number of nitrogens with zero attached hydrogens (tertiary/aromatic N) is 3. The Bertz CT molecular complexity index is 963. The van der Waals surface area contributed by atoms with Crippen molar-refractivity contribution in [3.63, 3.8) is 0 Å². The molecule has 3 rings (SSSR count). The molecule has 1 aromatic heterocycles. The van der Waals surface area contributed by atoms with Gasteiger partial charge in [-0.3, -0.25) is 14.5 Å². The number of esters is 1. The number of thioether (sulfide) groups is 1. The Balaban J connectivity index is 1.87. The van der Waals surface area contributed by atoms with Crippen LogP contribution in [0, 0.1) is 0 Å². The Kier molecular flexibility index (Phi) is 6.12. The second-order valence-electron chi connectivity index (χ2n) is 6.69. The lowest BCUT2D eigenvalue weighted by Crippen LogP contribution is -2.42. The number of benzene rings is 1. The number of ether oxygens (including phenoxy) is 1. The van der Waals surface area contributed by atoms with Crippen molar-refractivity contribution in [3.05, 3.63) is 53.2 Å². The highest BCUT2D eigenvalue weighted by molar-refractivity contribution is 8.18. The molecular formula is C21H23N3O4S. The summed E-state index contributed by atoms with van der Waals surface area (Å²) in [5, 5.41) is -0.477. The molecule has 2 amide bonds. The number of hydrogen-bond acceptors (Lipinski definition) is 6. The minimum Gasteiger partial charge on any atom is -0.464 e. The molecule has 8 heteroatoms. The number of carbonyl (C=O) groups excluding carboxylic acids is 3. The van der Waals surface area contributed by atoms with Crippen LogP contribution in [-0.4, -0.2) is 53.3 Å². The molecule has 1 saturated heterocycles. The quantitative estimate of drug-likeness (QED) is 0.533. The summed E-state index contributed by atoms with van der Waals surface area (Å²) < 4.78 is 6.87. The van der Waals surface area contributed by atoms with Gasteiger partial charge in [0.15, 0.2) is 0 Å². The standard InChI is InChI=1S/C21H23N3O4S/c1-5-28-20(26)14(2)24-19(25)18(29-21(24)27)13-17-7-6-12-23(17)16-10-8-15(9-11-16)22(3)4/h6-14H,5H2,1-4H3/b18-13+/t14-/m0/s1. The molecule has 1 aliphatic heterocycles. The smallest absolute Gasteiger partial charge is 0.329 e. The van der Waals surface area contributed by atoms with E-state index in [0.29, 0.717) is 0 Å². The van der Waals surface area contributed by atoms with Crippen LogP contribution in [0.4, 0.5) is 10.5 Å². The van der Waals surface area contributed by atoms with Crippen molar-refractivity contribution in [3.8, 4) is 5.69 Å². The van der Waals surface area contributed by atoms with Gasteiger partial charge in [0.1, 0.15) is 6.04 Å². The summed E-state index contributed by atoms with van der Waals surface area (Å²) in [6, 6.07) is 10.8. The van der Waals surface area contributed by atoms with E-state index >= 15 is 0 Å². The van der Waals surface area contributed by atoms with Gasteiger partial charge in [0.25, 0.3) is 11.1 Å². The number of carbonyl (C=O) groups is 3. The number of hydrogen-bond donors (Lipinski definition) is 0. The number of amides is 2. The van der Waals surface area contributed by atoms with Crippen LogP contribution in [0.25, 0.3) is 11.8 Å². The molecule has 1 fully saturated rings. The predicted octanol–water partition coefficient (Wildman–Crippen LogP) is 3.53. The average Bonchev–Trinajstić information content (AvgIpc) is 3.26. The van der Waals surface area contributed by atoms with Crippen molar-refractivity contribution >= 4 is 40.6 Å². The van der Waals surface area contributed by atoms with E-state index in [9.17, 15) is 14.4 Å². The minimum absolute atomic E-state index is 0.190. The summed E-state index contributed by atoms with van der Waals surface area (Å²) >= 11 is 0.825. The maximum atomic E-state index is 12.8. The van der Waals surface area contributed by atoms with Gasteiger partial charge in [-0.1, -0.05) is 0 Å². The van der Waals surface area contributed by atoms with Crippen LogP contribution in [0.2, 0.25) is 0 Å². The van der Waals surface area contributed by atoms with Crippen LogP contribution in [0.15, 0.2) is 47.5 Å². The third kappa shape index (κ3) is 4.22. The van der Waals surface area contributed by atoms with Gasteiger partial charge in [0.2, 0.25) is 0 Å². The van der Waals surface area contributed by atoms with Crippen LogP contribution in [-0.2, 0) is 14.3 Å². The Morgan fingerprint density at radius 2 is 1.90 bits per heavy atom. The molecule has 0 saturated carbocycles. The van der Waals surface area contributed by atoms with E-state index < -0.39 is 23.2 Å². The molecule has 0 radical (unpaired) electrons. The molecule has 0 bridgehead atoms. The fourth-order valence-electron chi connectivity index (χ4n) is 2.97. The monoisotopic (exact) mass is 413 g/mol. The van der Waals surface area contributed by atoms with Gasteiger partial charge in [0, 0.05) is 37.4 Å². The van der Waals surface area contributed by atoms with Crippen molar-refractivity contribution in [1.29, 1.82) is 0 Å². The summed E-state index contributed by atoms with van der Waals surface area (Å²) in [6.07, 6.45) is 3.56. The van der Waals surface area contributed by atoms with Gasteiger partial charge in [0.05, 0.1) is 11.5 Å². The lowest BCUT2D eigenvalue weighted by atomic mass is 10.2. The molecule has 7 nitrogen and oxygen atoms in total. The van der Waals surface area contributed by atoms with Crippen LogP contribution in [0.1, 0.15) is 19.5 Å². The molecule has 1 atom stereocenters. The zero-order valence-corrected chi connectivity index (χ0v) is 17.6. The lowest BCUT2D eigenvalue weighted by Gasteiger charge is -2.19. The van der Waals surface area contributed by atoms with Crippen LogP contribution in [0.3, 0.4) is 0 Å². The van der Waals surface area contributed by atoms with Gasteiger partial charge < -0.3 is 14.2 Å². The second-order valence-corrected chi connectivity index (χ2v) is 7.69. The molecule has 1 aliphatic rings. The topological polar surface area (TPSA) is 71.8 Å². The zero-order valence-electron chi connectivity index (χ0n) is 16.8. The van der Waals surface area contributed by atoms with Gasteiger partial charge in [-0.2, -0.15) is 0 Å². The van der Waals surface area contributed by atoms with E-state index in [2.05, 4.69) is 0 Å². The number of imide groups is 1. The van der Waals surface area contributed by atoms with E-state index in [-0.39, 0.29) is 11.5 Å². The Morgan fingerprint density at radius 3 is 2.52 bits per heavy atom. The van der Waals surface area contributed by atoms with Crippen LogP contribution < -0.4 is 4.90 Å². The molecule has 2 aromatic rings. The second kappa shape index (κ2) is 8.57. The summed E-state index contributed by atoms with van der Waals surface area (Å²) in [5.74, 6) is -1.09. The van der Waals surface area contributed by atoms with Crippen molar-refractivity contribution < 1.29 is 19.1 Å². The highest BCUT2D eigenvalue weighted by atomic mass is 32.2. The molecule has 1 aromatic carbocycles. The van der Waals surface area contributed by atoms with E-state index in [4.69, 9.17) is 4.74 Å². The predicted molar refractivity (Wildman–Crippen MR) is 114 cm³/mol. The Labute approximate surface area is 173 Å². The molecule has 0 spiro atoms. The van der Waals surface area contributed by atoms with E-state index in [1.54, 1.807) is 13.0 Å². The third-order valence-corrected chi connectivity index (χ3v) is 5.43. The summed E-state index contributed by atoms with van der Waals surface area (Å²) in [5.41, 5.74) is 2.78. The number of rotatable bonds is 6. The average molecular weight is 413 g/mol. The largest absolute Gasteiger partial charge is 0.464 e. The van der Waals surface area contributed by atoms with Crippen LogP contribution in [0.5, 0.6) is 0 Å². The maximum Gasteiger partial charge on any atom is 0.329 e. The normalized spacial score (nSPS) is 16.4. The number of aromatic nitrogens is 1. The molecule has 0 aliphatic carbocycles. The van der Waals surface area contributed by atoms with Crippen molar-refractivity contribution in [1.82, 2.24) is 9.47 Å². The Morgan fingerprint density at radius 1 is 1.21 bits per heavy atom. The first-order chi connectivity index (χ1) is 13.8. The summed E-state index contributed by atoms with van der Waals surface area (Å²) in [7, 11) is 3.95. The summed E-state index contributed by atoms with van der Waals surface area (Å²) in [4.78, 5) is 40.3. The molecule has 29 heavy (non-hydrogen) atoms. The van der Waals surface area contributed by atoms with Crippen LogP contribution >= 0.6 is 11.8 Å². The minimum atomic E-state index is -0.960. The van der Waals surface area contributed by atoms with Gasteiger partial charge in [-0.25, -0.2) is 4.79 Å².